The molecule has 4 fully saturated rings. The zero-order chi connectivity index (χ0) is 24.9. The highest BCUT2D eigenvalue weighted by Gasteiger charge is 2.40. The average molecular weight is 494 g/mol. The zero-order valence-electron chi connectivity index (χ0n) is 21.5. The van der Waals surface area contributed by atoms with Crippen molar-refractivity contribution in [1.29, 1.82) is 0 Å². The van der Waals surface area contributed by atoms with Gasteiger partial charge in [0.05, 0.1) is 19.9 Å². The van der Waals surface area contributed by atoms with Crippen LogP contribution in [0.1, 0.15) is 12.8 Å². The van der Waals surface area contributed by atoms with Gasteiger partial charge in [-0.3, -0.25) is 9.80 Å². The molecule has 0 aromatic heterocycles. The van der Waals surface area contributed by atoms with Crippen molar-refractivity contribution in [3.05, 3.63) is 48.5 Å². The minimum absolute atomic E-state index is 0.146. The Labute approximate surface area is 214 Å². The molecule has 0 saturated carbocycles. The van der Waals surface area contributed by atoms with Crippen LogP contribution in [0.15, 0.2) is 48.5 Å². The molecule has 4 atom stereocenters. The second-order valence-corrected chi connectivity index (χ2v) is 10.2. The number of piperazine rings is 1. The summed E-state index contributed by atoms with van der Waals surface area (Å²) in [5, 5.41) is 6.01. The van der Waals surface area contributed by atoms with Crippen molar-refractivity contribution >= 4 is 17.4 Å². The molecule has 8 nitrogen and oxygen atoms in total. The first-order valence-corrected chi connectivity index (χ1v) is 13.2. The summed E-state index contributed by atoms with van der Waals surface area (Å²) in [7, 11) is 3.38. The Morgan fingerprint density at radius 2 is 1.75 bits per heavy atom. The number of nitrogens with zero attached hydrogens (tertiary/aromatic N) is 3. The molecule has 4 aliphatic heterocycles. The number of nitrogens with one attached hydrogen (secondary N) is 2. The van der Waals surface area contributed by atoms with Gasteiger partial charge in [-0.2, -0.15) is 0 Å². The number of para-hydroxylation sites is 2. The van der Waals surface area contributed by atoms with Crippen LogP contribution in [0.5, 0.6) is 11.5 Å². The second kappa shape index (κ2) is 11.4. The molecule has 4 saturated heterocycles. The van der Waals surface area contributed by atoms with E-state index in [2.05, 4.69) is 37.5 Å². The Kier molecular flexibility index (Phi) is 7.82. The summed E-state index contributed by atoms with van der Waals surface area (Å²) in [4.78, 5) is 20.1. The van der Waals surface area contributed by atoms with Gasteiger partial charge in [0.25, 0.3) is 0 Å². The van der Waals surface area contributed by atoms with Crippen LogP contribution >= 0.6 is 0 Å². The maximum atomic E-state index is 12.4. The highest BCUT2D eigenvalue weighted by Crippen LogP contribution is 2.37. The summed E-state index contributed by atoms with van der Waals surface area (Å²) in [6, 6.07) is 16.0. The van der Waals surface area contributed by atoms with Crippen LogP contribution in [-0.4, -0.2) is 88.5 Å². The molecule has 4 aliphatic rings. The lowest BCUT2D eigenvalue weighted by Gasteiger charge is -2.51. The number of benzene rings is 2. The van der Waals surface area contributed by atoms with Gasteiger partial charge in [0, 0.05) is 57.5 Å². The number of carbonyl (C=O) groups is 1. The standard InChI is InChI=1S/C28H39N5O3/c1-35-25-9-7-23(8-10-25)30-28(34)29-18-24-17-21-11-12-33(24)20-22(21)19-31-13-15-32(16-14-31)26-5-3-4-6-27(26)36-2/h3-10,21-22,24H,11-20H2,1-2H3,(H2,29,30,34)/t21-,22+,24-/m1/s1. The third kappa shape index (κ3) is 5.71. The number of urea groups is 1. The van der Waals surface area contributed by atoms with Gasteiger partial charge >= 0.3 is 6.03 Å². The largest absolute Gasteiger partial charge is 0.497 e. The topological polar surface area (TPSA) is 69.3 Å². The normalized spacial score (nSPS) is 25.9. The minimum Gasteiger partial charge on any atom is -0.497 e. The van der Waals surface area contributed by atoms with Crippen molar-refractivity contribution < 1.29 is 14.3 Å². The van der Waals surface area contributed by atoms with E-state index >= 15 is 0 Å². The van der Waals surface area contributed by atoms with Crippen LogP contribution in [-0.2, 0) is 0 Å². The van der Waals surface area contributed by atoms with E-state index in [0.29, 0.717) is 12.6 Å². The fourth-order valence-corrected chi connectivity index (χ4v) is 6.12. The number of hydrogen-bond acceptors (Lipinski definition) is 6. The van der Waals surface area contributed by atoms with Crippen LogP contribution in [0.25, 0.3) is 0 Å². The Balaban J connectivity index is 1.06. The third-order valence-corrected chi connectivity index (χ3v) is 8.15. The third-order valence-electron chi connectivity index (χ3n) is 8.15. The molecule has 0 spiro atoms. The van der Waals surface area contributed by atoms with Gasteiger partial charge in [-0.15, -0.1) is 0 Å². The maximum Gasteiger partial charge on any atom is 0.319 e. The molecule has 2 aromatic carbocycles. The summed E-state index contributed by atoms with van der Waals surface area (Å²) in [5.74, 6) is 3.21. The number of carbonyl (C=O) groups excluding carboxylic acids is 1. The van der Waals surface area contributed by atoms with Crippen LogP contribution in [0.3, 0.4) is 0 Å². The van der Waals surface area contributed by atoms with E-state index in [9.17, 15) is 4.79 Å². The predicted octanol–water partition coefficient (Wildman–Crippen LogP) is 3.36. The minimum atomic E-state index is -0.146. The Morgan fingerprint density at radius 1 is 0.972 bits per heavy atom. The second-order valence-electron chi connectivity index (χ2n) is 10.2. The molecular weight excluding hydrogens is 454 g/mol. The SMILES string of the molecule is COc1ccc(NC(=O)NC[C@H]2C[C@H]3CCN2C[C@@H]3CN2CCN(c3ccccc3OC)CC2)cc1. The summed E-state index contributed by atoms with van der Waals surface area (Å²) in [6.07, 6.45) is 2.45. The molecule has 1 unspecified atom stereocenters. The molecule has 6 rings (SSSR count). The van der Waals surface area contributed by atoms with Gasteiger partial charge in [0.1, 0.15) is 11.5 Å². The van der Waals surface area contributed by atoms with Crippen molar-refractivity contribution in [2.24, 2.45) is 11.8 Å². The van der Waals surface area contributed by atoms with Crippen molar-refractivity contribution in [3.8, 4) is 11.5 Å². The summed E-state index contributed by atoms with van der Waals surface area (Å²) >= 11 is 0. The lowest BCUT2D eigenvalue weighted by atomic mass is 9.75. The zero-order valence-corrected chi connectivity index (χ0v) is 21.5. The van der Waals surface area contributed by atoms with Gasteiger partial charge < -0.3 is 25.0 Å². The summed E-state index contributed by atoms with van der Waals surface area (Å²) in [5.41, 5.74) is 1.97. The first-order valence-electron chi connectivity index (χ1n) is 13.2. The van der Waals surface area contributed by atoms with E-state index in [0.717, 1.165) is 68.3 Å². The lowest BCUT2D eigenvalue weighted by Crippen LogP contribution is -2.59. The van der Waals surface area contributed by atoms with Gasteiger partial charge in [0.15, 0.2) is 0 Å². The fourth-order valence-electron chi connectivity index (χ4n) is 6.12. The Hall–Kier alpha value is -2.97. The predicted molar refractivity (Wildman–Crippen MR) is 143 cm³/mol. The van der Waals surface area contributed by atoms with Crippen molar-refractivity contribution in [1.82, 2.24) is 15.1 Å². The van der Waals surface area contributed by atoms with Crippen LogP contribution in [0, 0.1) is 11.8 Å². The summed E-state index contributed by atoms with van der Waals surface area (Å²) in [6.45, 7) is 8.44. The van der Waals surface area contributed by atoms with Crippen molar-refractivity contribution in [2.45, 2.75) is 18.9 Å². The molecule has 2 bridgehead atoms. The van der Waals surface area contributed by atoms with E-state index in [1.807, 2.05) is 36.4 Å². The van der Waals surface area contributed by atoms with E-state index in [1.54, 1.807) is 14.2 Å². The van der Waals surface area contributed by atoms with Gasteiger partial charge in [-0.1, -0.05) is 12.1 Å². The highest BCUT2D eigenvalue weighted by atomic mass is 16.5. The lowest BCUT2D eigenvalue weighted by molar-refractivity contribution is -0.0114. The average Bonchev–Trinajstić information content (AvgIpc) is 2.93. The molecule has 2 aromatic rings. The smallest absolute Gasteiger partial charge is 0.319 e. The van der Waals surface area contributed by atoms with Crippen molar-refractivity contribution in [3.63, 3.8) is 0 Å². The molecule has 36 heavy (non-hydrogen) atoms. The van der Waals surface area contributed by atoms with Gasteiger partial charge in [-0.25, -0.2) is 4.79 Å². The number of methoxy groups -OCH3 is 2. The van der Waals surface area contributed by atoms with E-state index < -0.39 is 0 Å². The van der Waals surface area contributed by atoms with E-state index in [-0.39, 0.29) is 6.03 Å². The Bertz CT molecular complexity index is 1010. The molecule has 194 valence electrons. The monoisotopic (exact) mass is 493 g/mol. The first-order chi connectivity index (χ1) is 17.6. The number of ether oxygens (including phenoxy) is 2. The highest BCUT2D eigenvalue weighted by molar-refractivity contribution is 5.89. The first kappa shape index (κ1) is 24.7. The number of fused-ring (bicyclic) bond motifs is 3. The molecule has 4 heterocycles. The number of anilines is 2. The van der Waals surface area contributed by atoms with Crippen molar-refractivity contribution in [2.75, 3.05) is 76.8 Å². The molecular formula is C28H39N5O3. The van der Waals surface area contributed by atoms with Crippen LogP contribution in [0.4, 0.5) is 16.2 Å². The quantitative estimate of drug-likeness (QED) is 0.588. The molecule has 0 aliphatic carbocycles. The summed E-state index contributed by atoms with van der Waals surface area (Å²) < 4.78 is 10.7. The number of amides is 2. The fraction of sp³-hybridized carbons (Fsp3) is 0.536. The van der Waals surface area contributed by atoms with Crippen LogP contribution in [0.2, 0.25) is 0 Å². The molecule has 0 radical (unpaired) electrons. The maximum absolute atomic E-state index is 12.4. The Morgan fingerprint density at radius 3 is 2.44 bits per heavy atom. The van der Waals surface area contributed by atoms with Gasteiger partial charge in [-0.05, 0) is 67.6 Å². The van der Waals surface area contributed by atoms with E-state index in [4.69, 9.17) is 9.47 Å². The number of hydrogen-bond donors (Lipinski definition) is 2. The van der Waals surface area contributed by atoms with E-state index in [1.165, 1.54) is 25.1 Å². The molecule has 2 amide bonds. The van der Waals surface area contributed by atoms with Gasteiger partial charge in [0.2, 0.25) is 0 Å². The number of piperidine rings is 3. The molecule has 2 N–H and O–H groups in total. The van der Waals surface area contributed by atoms with Crippen LogP contribution < -0.4 is 25.0 Å². The molecule has 8 heteroatoms. The number of rotatable bonds is 8.